The van der Waals surface area contributed by atoms with Crippen LogP contribution in [0.2, 0.25) is 0 Å². The molecule has 2 fully saturated rings. The molecule has 2 aliphatic rings. The Bertz CT molecular complexity index is 347. The van der Waals surface area contributed by atoms with E-state index in [9.17, 15) is 4.79 Å². The number of rotatable bonds is 5. The molecule has 18 heavy (non-hydrogen) atoms. The largest absolute Gasteiger partial charge is 0.462 e. The lowest BCUT2D eigenvalue weighted by Crippen LogP contribution is -2.40. The maximum Gasteiger partial charge on any atom is 0.333 e. The summed E-state index contributed by atoms with van der Waals surface area (Å²) in [6.45, 7) is 10.5. The van der Waals surface area contributed by atoms with Crippen molar-refractivity contribution in [3.8, 4) is 0 Å². The highest BCUT2D eigenvalue weighted by Crippen LogP contribution is 2.62. The molecular weight excluding hydrogens is 224 g/mol. The summed E-state index contributed by atoms with van der Waals surface area (Å²) in [7, 11) is 0. The van der Waals surface area contributed by atoms with Gasteiger partial charge in [0.15, 0.2) is 0 Å². The Morgan fingerprint density at radius 1 is 1.39 bits per heavy atom. The van der Waals surface area contributed by atoms with Crippen LogP contribution in [0.3, 0.4) is 0 Å². The maximum atomic E-state index is 11.6. The fraction of sp³-hybridized carbons (Fsp3) is 0.812. The van der Waals surface area contributed by atoms with E-state index in [-0.39, 0.29) is 11.4 Å². The SMILES string of the molecule is C=C(C)C(=O)OCC1(CC)C2CCC(C2)C1CC. The first-order valence-corrected chi connectivity index (χ1v) is 7.37. The topological polar surface area (TPSA) is 26.3 Å². The average molecular weight is 250 g/mol. The van der Waals surface area contributed by atoms with Gasteiger partial charge in [0.25, 0.3) is 0 Å². The highest BCUT2D eigenvalue weighted by molar-refractivity contribution is 5.86. The number of fused-ring (bicyclic) bond motifs is 2. The van der Waals surface area contributed by atoms with Crippen molar-refractivity contribution in [3.05, 3.63) is 12.2 Å². The summed E-state index contributed by atoms with van der Waals surface area (Å²) in [6.07, 6.45) is 6.44. The lowest BCUT2D eigenvalue weighted by atomic mass is 9.64. The number of ether oxygens (including phenoxy) is 1. The molecule has 0 aromatic rings. The van der Waals surface area contributed by atoms with E-state index in [1.54, 1.807) is 6.92 Å². The first-order chi connectivity index (χ1) is 8.55. The third-order valence-electron chi connectivity index (χ3n) is 5.51. The summed E-state index contributed by atoms with van der Waals surface area (Å²) in [6, 6.07) is 0. The summed E-state index contributed by atoms with van der Waals surface area (Å²) in [5.74, 6) is 2.18. The van der Waals surface area contributed by atoms with Gasteiger partial charge in [-0.05, 0) is 50.4 Å². The molecule has 0 aromatic heterocycles. The maximum absolute atomic E-state index is 11.6. The minimum Gasteiger partial charge on any atom is -0.462 e. The Labute approximate surface area is 111 Å². The van der Waals surface area contributed by atoms with Gasteiger partial charge < -0.3 is 4.74 Å². The van der Waals surface area contributed by atoms with Crippen molar-refractivity contribution in [1.82, 2.24) is 0 Å². The van der Waals surface area contributed by atoms with Crippen molar-refractivity contribution >= 4 is 5.97 Å². The van der Waals surface area contributed by atoms with E-state index in [1.165, 1.54) is 25.7 Å². The summed E-state index contributed by atoms with van der Waals surface area (Å²) < 4.78 is 5.53. The van der Waals surface area contributed by atoms with Crippen molar-refractivity contribution in [2.24, 2.45) is 23.2 Å². The highest BCUT2D eigenvalue weighted by Gasteiger charge is 2.56. The fourth-order valence-corrected chi connectivity index (χ4v) is 4.62. The van der Waals surface area contributed by atoms with E-state index in [0.717, 1.165) is 24.2 Å². The Balaban J connectivity index is 2.10. The molecule has 102 valence electrons. The van der Waals surface area contributed by atoms with Gasteiger partial charge >= 0.3 is 5.97 Å². The van der Waals surface area contributed by atoms with Gasteiger partial charge in [-0.2, -0.15) is 0 Å². The lowest BCUT2D eigenvalue weighted by Gasteiger charge is -2.43. The predicted molar refractivity (Wildman–Crippen MR) is 73.1 cm³/mol. The number of carbonyl (C=O) groups excluding carboxylic acids is 1. The summed E-state index contributed by atoms with van der Waals surface area (Å²) in [5, 5.41) is 0. The lowest BCUT2D eigenvalue weighted by molar-refractivity contribution is -0.146. The van der Waals surface area contributed by atoms with Gasteiger partial charge in [0, 0.05) is 11.0 Å². The van der Waals surface area contributed by atoms with Crippen molar-refractivity contribution in [1.29, 1.82) is 0 Å². The van der Waals surface area contributed by atoms with E-state index >= 15 is 0 Å². The molecule has 2 nitrogen and oxygen atoms in total. The molecule has 0 aliphatic heterocycles. The molecule has 0 aromatic carbocycles. The Hall–Kier alpha value is -0.790. The third-order valence-corrected chi connectivity index (χ3v) is 5.51. The van der Waals surface area contributed by atoms with E-state index in [0.29, 0.717) is 12.2 Å². The molecule has 0 amide bonds. The van der Waals surface area contributed by atoms with Gasteiger partial charge in [0.1, 0.15) is 0 Å². The standard InChI is InChI=1S/C16H26O2/c1-5-14-12-7-8-13(9-12)16(14,6-2)10-18-15(17)11(3)4/h12-14H,3,5-10H2,1-2,4H3. The first kappa shape index (κ1) is 13.6. The Morgan fingerprint density at radius 2 is 2.11 bits per heavy atom. The minimum absolute atomic E-state index is 0.222. The van der Waals surface area contributed by atoms with E-state index in [1.807, 2.05) is 0 Å². The molecule has 0 spiro atoms. The number of hydrogen-bond donors (Lipinski definition) is 0. The van der Waals surface area contributed by atoms with Crippen LogP contribution in [0.1, 0.15) is 52.9 Å². The smallest absolute Gasteiger partial charge is 0.333 e. The monoisotopic (exact) mass is 250 g/mol. The van der Waals surface area contributed by atoms with E-state index in [2.05, 4.69) is 20.4 Å². The molecule has 4 unspecified atom stereocenters. The fourth-order valence-electron chi connectivity index (χ4n) is 4.62. The van der Waals surface area contributed by atoms with Crippen LogP contribution >= 0.6 is 0 Å². The van der Waals surface area contributed by atoms with Gasteiger partial charge in [0.05, 0.1) is 6.61 Å². The van der Waals surface area contributed by atoms with Crippen LogP contribution in [0.15, 0.2) is 12.2 Å². The van der Waals surface area contributed by atoms with Crippen LogP contribution in [0.4, 0.5) is 0 Å². The van der Waals surface area contributed by atoms with Gasteiger partial charge in [-0.15, -0.1) is 0 Å². The normalized spacial score (nSPS) is 37.8. The summed E-state index contributed by atoms with van der Waals surface area (Å²) >= 11 is 0. The van der Waals surface area contributed by atoms with Crippen LogP contribution in [0.25, 0.3) is 0 Å². The van der Waals surface area contributed by atoms with E-state index < -0.39 is 0 Å². The number of esters is 1. The van der Waals surface area contributed by atoms with Crippen LogP contribution in [-0.2, 0) is 9.53 Å². The number of carbonyl (C=O) groups is 1. The molecular formula is C16H26O2. The average Bonchev–Trinajstić information content (AvgIpc) is 2.94. The number of hydrogen-bond acceptors (Lipinski definition) is 2. The molecule has 2 heteroatoms. The second-order valence-corrected chi connectivity index (χ2v) is 6.23. The van der Waals surface area contributed by atoms with Gasteiger partial charge in [-0.3, -0.25) is 0 Å². The van der Waals surface area contributed by atoms with Crippen molar-refractivity contribution in [2.45, 2.75) is 52.9 Å². The highest BCUT2D eigenvalue weighted by atomic mass is 16.5. The quantitative estimate of drug-likeness (QED) is 0.545. The molecule has 2 rings (SSSR count). The zero-order valence-electron chi connectivity index (χ0n) is 12.0. The molecule has 0 heterocycles. The molecule has 2 aliphatic carbocycles. The van der Waals surface area contributed by atoms with Crippen LogP contribution in [0.5, 0.6) is 0 Å². The van der Waals surface area contributed by atoms with Crippen LogP contribution in [0, 0.1) is 23.2 Å². The molecule has 0 saturated heterocycles. The Morgan fingerprint density at radius 3 is 2.67 bits per heavy atom. The van der Waals surface area contributed by atoms with E-state index in [4.69, 9.17) is 4.74 Å². The zero-order chi connectivity index (χ0) is 13.3. The predicted octanol–water partition coefficient (Wildman–Crippen LogP) is 3.96. The molecule has 2 bridgehead atoms. The minimum atomic E-state index is -0.222. The van der Waals surface area contributed by atoms with Gasteiger partial charge in [-0.1, -0.05) is 26.8 Å². The van der Waals surface area contributed by atoms with Gasteiger partial charge in [0.2, 0.25) is 0 Å². The molecule has 4 atom stereocenters. The zero-order valence-corrected chi connectivity index (χ0v) is 12.0. The second kappa shape index (κ2) is 5.07. The Kier molecular flexibility index (Phi) is 3.84. The van der Waals surface area contributed by atoms with Crippen molar-refractivity contribution in [2.75, 3.05) is 6.61 Å². The summed E-state index contributed by atoms with van der Waals surface area (Å²) in [5.41, 5.74) is 0.764. The van der Waals surface area contributed by atoms with Crippen LogP contribution in [-0.4, -0.2) is 12.6 Å². The first-order valence-electron chi connectivity index (χ1n) is 7.37. The second-order valence-electron chi connectivity index (χ2n) is 6.23. The summed E-state index contributed by atoms with van der Waals surface area (Å²) in [4.78, 5) is 11.6. The van der Waals surface area contributed by atoms with Gasteiger partial charge in [-0.25, -0.2) is 4.79 Å². The third kappa shape index (κ3) is 2.00. The van der Waals surface area contributed by atoms with Crippen molar-refractivity contribution in [3.63, 3.8) is 0 Å². The molecule has 0 radical (unpaired) electrons. The molecule has 0 N–H and O–H groups in total. The molecule has 2 saturated carbocycles. The van der Waals surface area contributed by atoms with Crippen LogP contribution < -0.4 is 0 Å². The van der Waals surface area contributed by atoms with Crippen molar-refractivity contribution < 1.29 is 9.53 Å².